The molecule has 0 N–H and O–H groups in total. The van der Waals surface area contributed by atoms with Crippen LogP contribution in [0.4, 0.5) is 10.2 Å². The molecule has 0 aliphatic rings. The summed E-state index contributed by atoms with van der Waals surface area (Å²) in [6, 6.07) is 0. The van der Waals surface area contributed by atoms with Crippen molar-refractivity contribution in [3.8, 4) is 0 Å². The number of nitrogens with zero attached hydrogens (tertiary/aromatic N) is 3. The van der Waals surface area contributed by atoms with Crippen LogP contribution in [0.5, 0.6) is 0 Å². The lowest BCUT2D eigenvalue weighted by atomic mass is 10.1. The van der Waals surface area contributed by atoms with Gasteiger partial charge in [0.05, 0.1) is 12.4 Å². The Balaban J connectivity index is 3.01. The molecule has 3 nitrogen and oxygen atoms in total. The van der Waals surface area contributed by atoms with Crippen LogP contribution >= 0.6 is 0 Å². The van der Waals surface area contributed by atoms with Gasteiger partial charge in [-0.25, -0.2) is 0 Å². The molecule has 4 heteroatoms. The van der Waals surface area contributed by atoms with Crippen molar-refractivity contribution in [2.24, 2.45) is 0 Å². The fourth-order valence-corrected chi connectivity index (χ4v) is 1.44. The predicted molar refractivity (Wildman–Crippen MR) is 54.8 cm³/mol. The molecule has 0 atom stereocenters. The highest BCUT2D eigenvalue weighted by Gasteiger charge is 2.21. The molecule has 0 bridgehead atoms. The Labute approximate surface area is 84.0 Å². The molecule has 1 heterocycles. The monoisotopic (exact) mass is 197 g/mol. The van der Waals surface area contributed by atoms with Crippen molar-refractivity contribution in [2.45, 2.75) is 33.2 Å². The molecular weight excluding hydrogens is 181 g/mol. The second kappa shape index (κ2) is 3.90. The number of hydrogen-bond acceptors (Lipinski definition) is 3. The summed E-state index contributed by atoms with van der Waals surface area (Å²) in [5.74, 6) is 0.0465. The lowest BCUT2D eigenvalue weighted by Gasteiger charge is -2.35. The highest BCUT2D eigenvalue weighted by molar-refractivity contribution is 5.38. The maximum atomic E-state index is 12.9. The molecule has 1 aromatic rings. The maximum absolute atomic E-state index is 12.9. The molecule has 0 saturated carbocycles. The summed E-state index contributed by atoms with van der Waals surface area (Å²) in [5, 5.41) is 0. The van der Waals surface area contributed by atoms with Crippen molar-refractivity contribution in [1.82, 2.24) is 9.97 Å². The maximum Gasteiger partial charge on any atom is 0.233 e. The molecule has 0 unspecified atom stereocenters. The summed E-state index contributed by atoms with van der Waals surface area (Å²) >= 11 is 0. The van der Waals surface area contributed by atoms with Crippen molar-refractivity contribution in [2.75, 3.05) is 11.4 Å². The van der Waals surface area contributed by atoms with E-state index in [0.717, 1.165) is 12.7 Å². The number of halogens is 1. The molecule has 1 rings (SSSR count). The van der Waals surface area contributed by atoms with Gasteiger partial charge in [0.1, 0.15) is 0 Å². The molecule has 14 heavy (non-hydrogen) atoms. The minimum absolute atomic E-state index is 0.0722. The van der Waals surface area contributed by atoms with Gasteiger partial charge in [0.25, 0.3) is 0 Å². The van der Waals surface area contributed by atoms with Crippen LogP contribution < -0.4 is 4.90 Å². The Bertz CT molecular complexity index is 306. The van der Waals surface area contributed by atoms with Gasteiger partial charge in [-0.05, 0) is 27.7 Å². The summed E-state index contributed by atoms with van der Waals surface area (Å²) in [7, 11) is 0. The number of anilines is 1. The zero-order valence-corrected chi connectivity index (χ0v) is 9.08. The molecular formula is C10H16FN3. The van der Waals surface area contributed by atoms with Gasteiger partial charge in [-0.3, -0.25) is 4.98 Å². The lowest BCUT2D eigenvalue weighted by Crippen LogP contribution is -2.42. The predicted octanol–water partition coefficient (Wildman–Crippen LogP) is 2.24. The van der Waals surface area contributed by atoms with E-state index in [0.29, 0.717) is 5.82 Å². The van der Waals surface area contributed by atoms with Gasteiger partial charge in [0, 0.05) is 12.1 Å². The van der Waals surface area contributed by atoms with E-state index in [4.69, 9.17) is 0 Å². The Hall–Kier alpha value is -1.19. The van der Waals surface area contributed by atoms with Gasteiger partial charge in [-0.1, -0.05) is 0 Å². The van der Waals surface area contributed by atoms with Gasteiger partial charge in [-0.2, -0.15) is 9.37 Å². The topological polar surface area (TPSA) is 29.0 Å². The van der Waals surface area contributed by atoms with Crippen LogP contribution in [0.2, 0.25) is 0 Å². The van der Waals surface area contributed by atoms with Gasteiger partial charge in [-0.15, -0.1) is 0 Å². The van der Waals surface area contributed by atoms with Crippen molar-refractivity contribution >= 4 is 5.82 Å². The standard InChI is InChI=1S/C10H16FN3/c1-5-14(10(2,3)4)9-7-12-6-8(11)13-9/h6-7H,5H2,1-4H3. The first-order chi connectivity index (χ1) is 6.45. The number of aromatic nitrogens is 2. The van der Waals surface area contributed by atoms with Crippen LogP contribution in [-0.4, -0.2) is 22.1 Å². The Morgan fingerprint density at radius 2 is 2.00 bits per heavy atom. The van der Waals surface area contributed by atoms with Crippen LogP contribution in [0.25, 0.3) is 0 Å². The van der Waals surface area contributed by atoms with Crippen LogP contribution in [-0.2, 0) is 0 Å². The van der Waals surface area contributed by atoms with E-state index in [1.54, 1.807) is 6.20 Å². The first kappa shape index (κ1) is 10.9. The molecule has 1 aromatic heterocycles. The molecule has 0 aromatic carbocycles. The number of rotatable bonds is 2. The average Bonchev–Trinajstić information content (AvgIpc) is 2.02. The van der Waals surface area contributed by atoms with Crippen molar-refractivity contribution < 1.29 is 4.39 Å². The van der Waals surface area contributed by atoms with E-state index in [-0.39, 0.29) is 5.54 Å². The first-order valence-electron chi connectivity index (χ1n) is 4.70. The molecule has 78 valence electrons. The van der Waals surface area contributed by atoms with Crippen molar-refractivity contribution in [1.29, 1.82) is 0 Å². The van der Waals surface area contributed by atoms with E-state index in [1.165, 1.54) is 0 Å². The zero-order valence-electron chi connectivity index (χ0n) is 9.08. The van der Waals surface area contributed by atoms with Gasteiger partial charge in [0.15, 0.2) is 5.82 Å². The third kappa shape index (κ3) is 2.40. The summed E-state index contributed by atoms with van der Waals surface area (Å²) in [6.07, 6.45) is 2.69. The molecule has 0 saturated heterocycles. The Kier molecular flexibility index (Phi) is 3.03. The largest absolute Gasteiger partial charge is 0.351 e. The second-order valence-electron chi connectivity index (χ2n) is 4.12. The third-order valence-electron chi connectivity index (χ3n) is 1.99. The number of hydrogen-bond donors (Lipinski definition) is 0. The smallest absolute Gasteiger partial charge is 0.233 e. The van der Waals surface area contributed by atoms with E-state index >= 15 is 0 Å². The zero-order chi connectivity index (χ0) is 10.8. The summed E-state index contributed by atoms with van der Waals surface area (Å²) in [5.41, 5.74) is -0.0722. The van der Waals surface area contributed by atoms with Gasteiger partial charge < -0.3 is 4.90 Å². The Morgan fingerprint density at radius 1 is 1.36 bits per heavy atom. The highest BCUT2D eigenvalue weighted by Crippen LogP contribution is 2.20. The summed E-state index contributed by atoms with van der Waals surface area (Å²) < 4.78 is 12.9. The minimum atomic E-state index is -0.537. The SMILES string of the molecule is CCN(c1cncc(F)n1)C(C)(C)C. The van der Waals surface area contributed by atoms with Crippen molar-refractivity contribution in [3.63, 3.8) is 0 Å². The molecule has 0 radical (unpaired) electrons. The highest BCUT2D eigenvalue weighted by atomic mass is 19.1. The average molecular weight is 197 g/mol. The van der Waals surface area contributed by atoms with Crippen LogP contribution in [0.1, 0.15) is 27.7 Å². The Morgan fingerprint density at radius 3 is 2.43 bits per heavy atom. The molecule has 0 spiro atoms. The van der Waals surface area contributed by atoms with E-state index in [9.17, 15) is 4.39 Å². The summed E-state index contributed by atoms with van der Waals surface area (Å²) in [4.78, 5) is 9.60. The van der Waals surface area contributed by atoms with E-state index in [1.807, 2.05) is 11.8 Å². The molecule has 0 aliphatic carbocycles. The third-order valence-corrected chi connectivity index (χ3v) is 1.99. The van der Waals surface area contributed by atoms with E-state index in [2.05, 4.69) is 30.7 Å². The van der Waals surface area contributed by atoms with Crippen LogP contribution in [0, 0.1) is 5.95 Å². The van der Waals surface area contributed by atoms with Gasteiger partial charge >= 0.3 is 0 Å². The summed E-state index contributed by atoms with van der Waals surface area (Å²) in [6.45, 7) is 8.97. The lowest BCUT2D eigenvalue weighted by molar-refractivity contribution is 0.498. The quantitative estimate of drug-likeness (QED) is 0.728. The second-order valence-corrected chi connectivity index (χ2v) is 4.12. The molecule has 0 fully saturated rings. The fraction of sp³-hybridized carbons (Fsp3) is 0.600. The van der Waals surface area contributed by atoms with Crippen molar-refractivity contribution in [3.05, 3.63) is 18.3 Å². The fourth-order valence-electron chi connectivity index (χ4n) is 1.44. The molecule has 0 amide bonds. The molecule has 0 aliphatic heterocycles. The first-order valence-corrected chi connectivity index (χ1v) is 4.70. The van der Waals surface area contributed by atoms with Crippen LogP contribution in [0.3, 0.4) is 0 Å². The normalized spacial score (nSPS) is 11.5. The van der Waals surface area contributed by atoms with Gasteiger partial charge in [0.2, 0.25) is 5.95 Å². The van der Waals surface area contributed by atoms with Crippen LogP contribution in [0.15, 0.2) is 12.4 Å². The minimum Gasteiger partial charge on any atom is -0.351 e. The van der Waals surface area contributed by atoms with E-state index < -0.39 is 5.95 Å².